The van der Waals surface area contributed by atoms with E-state index in [0.717, 1.165) is 37.5 Å². The standard InChI is InChI=1S/C15H27N5O/c1-10(2)9-12(16)15(21)17-11(3)14-19-18-13-7-5-4-6-8-20(13)14/h10-12H,4-9,16H2,1-3H3,(H,17,21). The number of nitrogens with one attached hydrogen (secondary N) is 1. The molecule has 0 fully saturated rings. The minimum atomic E-state index is -0.459. The van der Waals surface area contributed by atoms with Crippen LogP contribution in [0.4, 0.5) is 0 Å². The molecule has 6 nitrogen and oxygen atoms in total. The van der Waals surface area contributed by atoms with E-state index >= 15 is 0 Å². The molecule has 3 N–H and O–H groups in total. The van der Waals surface area contributed by atoms with Crippen LogP contribution in [0, 0.1) is 5.92 Å². The summed E-state index contributed by atoms with van der Waals surface area (Å²) in [5.74, 6) is 2.18. The molecular formula is C15H27N5O. The van der Waals surface area contributed by atoms with Gasteiger partial charge in [-0.05, 0) is 32.1 Å². The van der Waals surface area contributed by atoms with Crippen molar-refractivity contribution < 1.29 is 4.79 Å². The Morgan fingerprint density at radius 2 is 2.05 bits per heavy atom. The number of aryl methyl sites for hydroxylation is 1. The molecule has 0 aromatic carbocycles. The van der Waals surface area contributed by atoms with Crippen LogP contribution in [0.15, 0.2) is 0 Å². The van der Waals surface area contributed by atoms with E-state index in [0.29, 0.717) is 12.3 Å². The molecule has 2 unspecified atom stereocenters. The van der Waals surface area contributed by atoms with Gasteiger partial charge in [0.2, 0.25) is 5.91 Å². The molecular weight excluding hydrogens is 266 g/mol. The number of amides is 1. The number of rotatable bonds is 5. The van der Waals surface area contributed by atoms with E-state index in [1.807, 2.05) is 6.92 Å². The third-order valence-electron chi connectivity index (χ3n) is 3.95. The van der Waals surface area contributed by atoms with Crippen LogP contribution in [0.5, 0.6) is 0 Å². The molecule has 1 amide bonds. The normalized spacial score (nSPS) is 18.0. The van der Waals surface area contributed by atoms with E-state index in [9.17, 15) is 4.79 Å². The molecule has 1 aromatic heterocycles. The summed E-state index contributed by atoms with van der Waals surface area (Å²) in [6.45, 7) is 7.02. The third-order valence-corrected chi connectivity index (χ3v) is 3.95. The molecule has 0 radical (unpaired) electrons. The van der Waals surface area contributed by atoms with Gasteiger partial charge in [0.05, 0.1) is 12.1 Å². The Labute approximate surface area is 126 Å². The van der Waals surface area contributed by atoms with Gasteiger partial charge in [0.25, 0.3) is 0 Å². The predicted octanol–water partition coefficient (Wildman–Crippen LogP) is 1.56. The van der Waals surface area contributed by atoms with Crippen molar-refractivity contribution in [2.24, 2.45) is 11.7 Å². The van der Waals surface area contributed by atoms with Crippen LogP contribution in [-0.4, -0.2) is 26.7 Å². The molecule has 1 aliphatic heterocycles. The van der Waals surface area contributed by atoms with Crippen molar-refractivity contribution in [2.75, 3.05) is 0 Å². The Morgan fingerprint density at radius 3 is 2.76 bits per heavy atom. The Bertz CT molecular complexity index is 482. The lowest BCUT2D eigenvalue weighted by Crippen LogP contribution is -2.42. The fourth-order valence-corrected chi connectivity index (χ4v) is 2.83. The van der Waals surface area contributed by atoms with E-state index in [1.54, 1.807) is 0 Å². The van der Waals surface area contributed by atoms with Crippen LogP contribution in [-0.2, 0) is 17.8 Å². The minimum Gasteiger partial charge on any atom is -0.345 e. The maximum Gasteiger partial charge on any atom is 0.237 e. The minimum absolute atomic E-state index is 0.109. The molecule has 0 spiro atoms. The molecule has 2 heterocycles. The number of carbonyl (C=O) groups is 1. The highest BCUT2D eigenvalue weighted by molar-refractivity contribution is 5.81. The summed E-state index contributed by atoms with van der Waals surface area (Å²) in [4.78, 5) is 12.1. The van der Waals surface area contributed by atoms with E-state index < -0.39 is 6.04 Å². The fraction of sp³-hybridized carbons (Fsp3) is 0.800. The molecule has 2 rings (SSSR count). The number of carbonyl (C=O) groups excluding carboxylic acids is 1. The van der Waals surface area contributed by atoms with Crippen molar-refractivity contribution in [3.05, 3.63) is 11.6 Å². The van der Waals surface area contributed by atoms with Gasteiger partial charge in [0, 0.05) is 13.0 Å². The van der Waals surface area contributed by atoms with Gasteiger partial charge < -0.3 is 15.6 Å². The first-order chi connectivity index (χ1) is 9.99. The summed E-state index contributed by atoms with van der Waals surface area (Å²) in [6.07, 6.45) is 5.20. The van der Waals surface area contributed by atoms with Gasteiger partial charge >= 0.3 is 0 Å². The molecule has 0 aliphatic carbocycles. The molecule has 118 valence electrons. The number of nitrogens with two attached hydrogens (primary N) is 1. The second-order valence-electron chi connectivity index (χ2n) is 6.40. The highest BCUT2D eigenvalue weighted by Gasteiger charge is 2.23. The number of fused-ring (bicyclic) bond motifs is 1. The van der Waals surface area contributed by atoms with Crippen LogP contribution >= 0.6 is 0 Å². The molecule has 2 atom stereocenters. The molecule has 1 aromatic rings. The SMILES string of the molecule is CC(C)CC(N)C(=O)NC(C)c1nnc2n1CCCCC2. The van der Waals surface area contributed by atoms with Crippen molar-refractivity contribution in [3.63, 3.8) is 0 Å². The van der Waals surface area contributed by atoms with Crippen molar-refractivity contribution in [3.8, 4) is 0 Å². The fourth-order valence-electron chi connectivity index (χ4n) is 2.83. The first-order valence-corrected chi connectivity index (χ1v) is 7.97. The number of nitrogens with zero attached hydrogens (tertiary/aromatic N) is 3. The zero-order valence-corrected chi connectivity index (χ0v) is 13.3. The van der Waals surface area contributed by atoms with Crippen LogP contribution in [0.25, 0.3) is 0 Å². The molecule has 0 saturated heterocycles. The second-order valence-corrected chi connectivity index (χ2v) is 6.40. The van der Waals surface area contributed by atoms with Crippen molar-refractivity contribution >= 4 is 5.91 Å². The van der Waals surface area contributed by atoms with Crippen LogP contribution < -0.4 is 11.1 Å². The maximum absolute atomic E-state index is 12.1. The largest absolute Gasteiger partial charge is 0.345 e. The lowest BCUT2D eigenvalue weighted by atomic mass is 10.0. The van der Waals surface area contributed by atoms with E-state index in [4.69, 9.17) is 5.73 Å². The van der Waals surface area contributed by atoms with Gasteiger partial charge in [0.1, 0.15) is 5.82 Å². The summed E-state index contributed by atoms with van der Waals surface area (Å²) >= 11 is 0. The molecule has 0 saturated carbocycles. The quantitative estimate of drug-likeness (QED) is 0.862. The average molecular weight is 293 g/mol. The van der Waals surface area contributed by atoms with E-state index in [-0.39, 0.29) is 11.9 Å². The molecule has 1 aliphatic rings. The Kier molecular flexibility index (Phi) is 5.33. The Morgan fingerprint density at radius 1 is 1.29 bits per heavy atom. The first kappa shape index (κ1) is 15.9. The monoisotopic (exact) mass is 293 g/mol. The first-order valence-electron chi connectivity index (χ1n) is 7.97. The van der Waals surface area contributed by atoms with E-state index in [2.05, 4.69) is 33.9 Å². The summed E-state index contributed by atoms with van der Waals surface area (Å²) in [5, 5.41) is 11.5. The van der Waals surface area contributed by atoms with Gasteiger partial charge in [-0.25, -0.2) is 0 Å². The van der Waals surface area contributed by atoms with Crippen LogP contribution in [0.3, 0.4) is 0 Å². The summed E-state index contributed by atoms with van der Waals surface area (Å²) < 4.78 is 2.16. The van der Waals surface area contributed by atoms with Crippen molar-refractivity contribution in [1.29, 1.82) is 0 Å². The van der Waals surface area contributed by atoms with Crippen LogP contribution in [0.1, 0.15) is 64.1 Å². The number of hydrogen-bond donors (Lipinski definition) is 2. The second kappa shape index (κ2) is 7.02. The molecule has 21 heavy (non-hydrogen) atoms. The van der Waals surface area contributed by atoms with Gasteiger partial charge in [-0.15, -0.1) is 10.2 Å². The van der Waals surface area contributed by atoms with Crippen molar-refractivity contribution in [2.45, 2.75) is 71.5 Å². The zero-order chi connectivity index (χ0) is 15.4. The highest BCUT2D eigenvalue weighted by atomic mass is 16.2. The highest BCUT2D eigenvalue weighted by Crippen LogP contribution is 2.18. The Hall–Kier alpha value is -1.43. The topological polar surface area (TPSA) is 85.8 Å². The van der Waals surface area contributed by atoms with Crippen LogP contribution in [0.2, 0.25) is 0 Å². The maximum atomic E-state index is 12.1. The zero-order valence-electron chi connectivity index (χ0n) is 13.3. The van der Waals surface area contributed by atoms with Gasteiger partial charge in [0.15, 0.2) is 5.82 Å². The van der Waals surface area contributed by atoms with Gasteiger partial charge in [-0.1, -0.05) is 20.3 Å². The number of aromatic nitrogens is 3. The van der Waals surface area contributed by atoms with E-state index in [1.165, 1.54) is 6.42 Å². The van der Waals surface area contributed by atoms with Gasteiger partial charge in [-0.3, -0.25) is 4.79 Å². The number of hydrogen-bond acceptors (Lipinski definition) is 4. The molecule has 0 bridgehead atoms. The Balaban J connectivity index is 2.02. The average Bonchev–Trinajstić information content (AvgIpc) is 2.67. The lowest BCUT2D eigenvalue weighted by molar-refractivity contribution is -0.123. The lowest BCUT2D eigenvalue weighted by Gasteiger charge is -2.19. The third kappa shape index (κ3) is 4.03. The predicted molar refractivity (Wildman–Crippen MR) is 81.6 cm³/mol. The summed E-state index contributed by atoms with van der Waals surface area (Å²) in [6, 6.07) is -0.617. The van der Waals surface area contributed by atoms with Gasteiger partial charge in [-0.2, -0.15) is 0 Å². The van der Waals surface area contributed by atoms with Crippen molar-refractivity contribution in [1.82, 2.24) is 20.1 Å². The summed E-state index contributed by atoms with van der Waals surface area (Å²) in [5.41, 5.74) is 5.93. The molecule has 6 heteroatoms. The summed E-state index contributed by atoms with van der Waals surface area (Å²) in [7, 11) is 0. The smallest absolute Gasteiger partial charge is 0.237 e.